The number of hydrogen-bond acceptors (Lipinski definition) is 6. The molecule has 33 heavy (non-hydrogen) atoms. The van der Waals surface area contributed by atoms with Gasteiger partial charge in [-0.05, 0) is 31.2 Å². The van der Waals surface area contributed by atoms with Gasteiger partial charge < -0.3 is 5.32 Å². The topological polar surface area (TPSA) is 85.6 Å². The fourth-order valence-electron chi connectivity index (χ4n) is 3.25. The van der Waals surface area contributed by atoms with Crippen molar-refractivity contribution in [3.05, 3.63) is 80.8 Å². The first-order valence-corrected chi connectivity index (χ1v) is 11.1. The van der Waals surface area contributed by atoms with Crippen LogP contribution in [0, 0.1) is 11.6 Å². The van der Waals surface area contributed by atoms with Gasteiger partial charge in [0.1, 0.15) is 21.9 Å². The largest absolute Gasteiger partial charge is 0.349 e. The van der Waals surface area contributed by atoms with Gasteiger partial charge in [0.2, 0.25) is 5.01 Å². The Bertz CT molecular complexity index is 1340. The molecule has 0 saturated heterocycles. The molecule has 0 aliphatic carbocycles. The third-order valence-corrected chi connectivity index (χ3v) is 6.74. The van der Waals surface area contributed by atoms with Gasteiger partial charge in [-0.15, -0.1) is 10.2 Å². The summed E-state index contributed by atoms with van der Waals surface area (Å²) in [5.74, 6) is -2.01. The Morgan fingerprint density at radius 2 is 2.00 bits per heavy atom. The molecule has 4 aromatic rings. The molecule has 0 saturated carbocycles. The second-order valence-electron chi connectivity index (χ2n) is 7.37. The molecule has 1 amide bonds. The SMILES string of the molecule is Cn1ncc(C(C)(CNC(=O)c2nnc(-c3ccc(F)cc3F)s2)c2cccc(Cl)n2)c1Cl. The van der Waals surface area contributed by atoms with Crippen molar-refractivity contribution >= 4 is 40.4 Å². The van der Waals surface area contributed by atoms with E-state index in [1.807, 2.05) is 6.92 Å². The zero-order valence-corrected chi connectivity index (χ0v) is 19.6. The Morgan fingerprint density at radius 3 is 2.67 bits per heavy atom. The number of halogens is 4. The molecule has 1 unspecified atom stereocenters. The van der Waals surface area contributed by atoms with Gasteiger partial charge in [0.25, 0.3) is 5.91 Å². The Kier molecular flexibility index (Phi) is 6.42. The fourth-order valence-corrected chi connectivity index (χ4v) is 4.50. The molecule has 0 aliphatic heterocycles. The van der Waals surface area contributed by atoms with E-state index in [0.29, 0.717) is 21.6 Å². The molecule has 0 bridgehead atoms. The number of aryl methyl sites for hydroxylation is 1. The molecule has 170 valence electrons. The highest BCUT2D eigenvalue weighted by Gasteiger charge is 2.35. The second kappa shape index (κ2) is 9.12. The van der Waals surface area contributed by atoms with Crippen molar-refractivity contribution in [1.82, 2.24) is 30.3 Å². The van der Waals surface area contributed by atoms with Gasteiger partial charge in [0.05, 0.1) is 17.3 Å². The zero-order chi connectivity index (χ0) is 23.8. The number of benzene rings is 1. The Balaban J connectivity index is 1.60. The highest BCUT2D eigenvalue weighted by atomic mass is 35.5. The number of aromatic nitrogens is 5. The van der Waals surface area contributed by atoms with Crippen molar-refractivity contribution in [3.8, 4) is 10.6 Å². The molecule has 0 aliphatic rings. The minimum atomic E-state index is -0.873. The van der Waals surface area contributed by atoms with Gasteiger partial charge in [0.15, 0.2) is 5.01 Å². The van der Waals surface area contributed by atoms with E-state index in [4.69, 9.17) is 23.2 Å². The van der Waals surface area contributed by atoms with Crippen LogP contribution in [0.2, 0.25) is 10.3 Å². The predicted molar refractivity (Wildman–Crippen MR) is 122 cm³/mol. The van der Waals surface area contributed by atoms with E-state index in [2.05, 4.69) is 25.6 Å². The van der Waals surface area contributed by atoms with Gasteiger partial charge in [-0.1, -0.05) is 40.6 Å². The van der Waals surface area contributed by atoms with Crippen LogP contribution in [0.5, 0.6) is 0 Å². The molecule has 1 atom stereocenters. The van der Waals surface area contributed by atoms with Gasteiger partial charge >= 0.3 is 0 Å². The summed E-state index contributed by atoms with van der Waals surface area (Å²) in [6.45, 7) is 1.94. The van der Waals surface area contributed by atoms with E-state index in [1.165, 1.54) is 10.7 Å². The first kappa shape index (κ1) is 23.2. The Morgan fingerprint density at radius 1 is 1.21 bits per heavy atom. The summed E-state index contributed by atoms with van der Waals surface area (Å²) in [6.07, 6.45) is 1.61. The van der Waals surface area contributed by atoms with E-state index in [-0.39, 0.29) is 22.1 Å². The van der Waals surface area contributed by atoms with Crippen LogP contribution in [0.25, 0.3) is 10.6 Å². The van der Waals surface area contributed by atoms with Crippen LogP contribution in [0.3, 0.4) is 0 Å². The van der Waals surface area contributed by atoms with Gasteiger partial charge in [-0.2, -0.15) is 5.10 Å². The predicted octanol–water partition coefficient (Wildman–Crippen LogP) is 4.65. The van der Waals surface area contributed by atoms with Gasteiger partial charge in [-0.3, -0.25) is 9.48 Å². The zero-order valence-electron chi connectivity index (χ0n) is 17.3. The van der Waals surface area contributed by atoms with E-state index < -0.39 is 23.0 Å². The summed E-state index contributed by atoms with van der Waals surface area (Å²) in [5, 5.41) is 15.6. The quantitative estimate of drug-likeness (QED) is 0.383. The average Bonchev–Trinajstić information content (AvgIpc) is 3.39. The van der Waals surface area contributed by atoms with Crippen LogP contribution in [-0.2, 0) is 12.5 Å². The van der Waals surface area contributed by atoms with Gasteiger partial charge in [-0.25, -0.2) is 13.8 Å². The summed E-state index contributed by atoms with van der Waals surface area (Å²) in [5.41, 5.74) is 0.412. The minimum Gasteiger partial charge on any atom is -0.349 e. The fraction of sp³-hybridized carbons (Fsp3) is 0.190. The lowest BCUT2D eigenvalue weighted by Crippen LogP contribution is -2.40. The number of carbonyl (C=O) groups excluding carboxylic acids is 1. The number of amides is 1. The lowest BCUT2D eigenvalue weighted by Gasteiger charge is -2.29. The normalized spacial score (nSPS) is 13.0. The van der Waals surface area contributed by atoms with Crippen molar-refractivity contribution in [2.45, 2.75) is 12.3 Å². The molecule has 0 fully saturated rings. The van der Waals surface area contributed by atoms with Crippen LogP contribution in [-0.4, -0.2) is 37.4 Å². The molecule has 3 aromatic heterocycles. The summed E-state index contributed by atoms with van der Waals surface area (Å²) >= 11 is 13.4. The van der Waals surface area contributed by atoms with Crippen LogP contribution in [0.15, 0.2) is 42.6 Å². The van der Waals surface area contributed by atoms with Crippen LogP contribution in [0.1, 0.15) is 28.0 Å². The Labute approximate surface area is 201 Å². The average molecular weight is 509 g/mol. The lowest BCUT2D eigenvalue weighted by atomic mass is 9.80. The molecule has 3 heterocycles. The third-order valence-electron chi connectivity index (χ3n) is 5.12. The van der Waals surface area contributed by atoms with Crippen molar-refractivity contribution in [1.29, 1.82) is 0 Å². The number of nitrogens with zero attached hydrogens (tertiary/aromatic N) is 5. The molecule has 1 aromatic carbocycles. The van der Waals surface area contributed by atoms with Crippen molar-refractivity contribution in [2.75, 3.05) is 6.54 Å². The smallest absolute Gasteiger partial charge is 0.282 e. The molecule has 4 rings (SSSR count). The standard InChI is InChI=1S/C21H16Cl2F2N6OS/c1-21(13-9-27-31(2)17(13)23,15-4-3-5-16(22)28-15)10-26-18(32)20-30-29-19(33-20)12-7-6-11(24)8-14(12)25/h3-9H,10H2,1-2H3,(H,26,32). The molecule has 0 spiro atoms. The molecule has 0 radical (unpaired) electrons. The number of hydrogen-bond donors (Lipinski definition) is 1. The van der Waals surface area contributed by atoms with E-state index in [1.54, 1.807) is 31.4 Å². The van der Waals surface area contributed by atoms with Crippen molar-refractivity contribution in [3.63, 3.8) is 0 Å². The van der Waals surface area contributed by atoms with E-state index in [9.17, 15) is 13.6 Å². The maximum Gasteiger partial charge on any atom is 0.282 e. The summed E-state index contributed by atoms with van der Waals surface area (Å²) < 4.78 is 28.7. The lowest BCUT2D eigenvalue weighted by molar-refractivity contribution is 0.0946. The molecule has 7 nitrogen and oxygen atoms in total. The highest BCUT2D eigenvalue weighted by molar-refractivity contribution is 7.16. The van der Waals surface area contributed by atoms with Crippen LogP contribution >= 0.6 is 34.5 Å². The first-order valence-electron chi connectivity index (χ1n) is 9.57. The number of pyridine rings is 1. The van der Waals surface area contributed by atoms with Crippen LogP contribution < -0.4 is 5.32 Å². The molecular formula is C21H16Cl2F2N6OS. The van der Waals surface area contributed by atoms with E-state index >= 15 is 0 Å². The second-order valence-corrected chi connectivity index (χ2v) is 9.09. The van der Waals surface area contributed by atoms with E-state index in [0.717, 1.165) is 23.5 Å². The number of carbonyl (C=O) groups is 1. The molecule has 1 N–H and O–H groups in total. The molecule has 12 heteroatoms. The number of rotatable bonds is 6. The van der Waals surface area contributed by atoms with Gasteiger partial charge in [0, 0.05) is 30.8 Å². The maximum absolute atomic E-state index is 14.1. The summed E-state index contributed by atoms with van der Waals surface area (Å²) in [4.78, 5) is 17.2. The summed E-state index contributed by atoms with van der Waals surface area (Å²) in [7, 11) is 1.70. The third kappa shape index (κ3) is 4.59. The highest BCUT2D eigenvalue weighted by Crippen LogP contribution is 2.35. The minimum absolute atomic E-state index is 0.0208. The molecular weight excluding hydrogens is 493 g/mol. The first-order chi connectivity index (χ1) is 15.7. The number of nitrogens with one attached hydrogen (secondary N) is 1. The van der Waals surface area contributed by atoms with Crippen molar-refractivity contribution in [2.24, 2.45) is 7.05 Å². The van der Waals surface area contributed by atoms with Crippen LogP contribution in [0.4, 0.5) is 8.78 Å². The summed E-state index contributed by atoms with van der Waals surface area (Å²) in [6, 6.07) is 8.29. The maximum atomic E-state index is 14.1. The monoisotopic (exact) mass is 508 g/mol. The Hall–Kier alpha value is -2.95. The van der Waals surface area contributed by atoms with Crippen molar-refractivity contribution < 1.29 is 13.6 Å².